The number of carbonyl (C=O) groups excluding carboxylic acids is 2. The Hall–Kier alpha value is -2.83. The fourth-order valence-electron chi connectivity index (χ4n) is 3.14. The number of esters is 1. The van der Waals surface area contributed by atoms with Crippen molar-refractivity contribution in [2.45, 2.75) is 45.6 Å². The maximum Gasteiger partial charge on any atom is 0.338 e. The summed E-state index contributed by atoms with van der Waals surface area (Å²) in [6, 6.07) is 8.31. The quantitative estimate of drug-likeness (QED) is 0.790. The molecule has 1 N–H and O–H groups in total. The second-order valence-corrected chi connectivity index (χ2v) is 6.89. The van der Waals surface area contributed by atoms with Gasteiger partial charge in [0.2, 0.25) is 0 Å². The van der Waals surface area contributed by atoms with Crippen molar-refractivity contribution in [3.8, 4) is 0 Å². The topological polar surface area (TPSA) is 84.7 Å². The van der Waals surface area contributed by atoms with Crippen molar-refractivity contribution in [2.75, 3.05) is 18.5 Å². The summed E-state index contributed by atoms with van der Waals surface area (Å²) >= 11 is 0. The molecule has 27 heavy (non-hydrogen) atoms. The minimum absolute atomic E-state index is 0.108. The Morgan fingerprint density at radius 2 is 2.07 bits per heavy atom. The molecule has 7 nitrogen and oxygen atoms in total. The first-order valence-corrected chi connectivity index (χ1v) is 9.31. The van der Waals surface area contributed by atoms with E-state index < -0.39 is 0 Å². The summed E-state index contributed by atoms with van der Waals surface area (Å²) in [6.45, 7) is 6.86. The van der Waals surface area contributed by atoms with Crippen LogP contribution in [0.3, 0.4) is 0 Å². The molecule has 144 valence electrons. The van der Waals surface area contributed by atoms with Crippen molar-refractivity contribution in [2.24, 2.45) is 0 Å². The predicted molar refractivity (Wildman–Crippen MR) is 101 cm³/mol. The maximum absolute atomic E-state index is 12.7. The summed E-state index contributed by atoms with van der Waals surface area (Å²) in [6.07, 6.45) is 1.76. The fraction of sp³-hybridized carbons (Fsp3) is 0.450. The standard InChI is InChI=1S/C20H25N3O4/c1-4-26-19(24)14-7-9-15(10-8-14)21-20(25)23-11-5-6-17(23)18-12-16(13(2)3)22-27-18/h7-10,12-13,17H,4-6,11H2,1-3H3,(H,21,25)/t17-/m1/s1. The van der Waals surface area contributed by atoms with Crippen LogP contribution in [-0.4, -0.2) is 35.2 Å². The van der Waals surface area contributed by atoms with Gasteiger partial charge >= 0.3 is 12.0 Å². The van der Waals surface area contributed by atoms with E-state index in [1.165, 1.54) is 0 Å². The third kappa shape index (κ3) is 4.30. The highest BCUT2D eigenvalue weighted by Gasteiger charge is 2.33. The molecular formula is C20H25N3O4. The zero-order chi connectivity index (χ0) is 19.4. The van der Waals surface area contributed by atoms with Gasteiger partial charge in [0, 0.05) is 18.3 Å². The second-order valence-electron chi connectivity index (χ2n) is 6.89. The van der Waals surface area contributed by atoms with E-state index in [9.17, 15) is 9.59 Å². The largest absolute Gasteiger partial charge is 0.462 e. The average molecular weight is 371 g/mol. The molecule has 2 heterocycles. The average Bonchev–Trinajstić information content (AvgIpc) is 3.31. The van der Waals surface area contributed by atoms with Crippen LogP contribution in [0.15, 0.2) is 34.9 Å². The number of benzene rings is 1. The lowest BCUT2D eigenvalue weighted by atomic mass is 10.1. The van der Waals surface area contributed by atoms with E-state index in [0.29, 0.717) is 24.4 Å². The summed E-state index contributed by atoms with van der Waals surface area (Å²) in [7, 11) is 0. The normalized spacial score (nSPS) is 16.6. The summed E-state index contributed by atoms with van der Waals surface area (Å²) in [5, 5.41) is 6.99. The summed E-state index contributed by atoms with van der Waals surface area (Å²) < 4.78 is 10.4. The van der Waals surface area contributed by atoms with Gasteiger partial charge in [-0.2, -0.15) is 0 Å². The number of nitrogens with zero attached hydrogens (tertiary/aromatic N) is 2. The van der Waals surface area contributed by atoms with Crippen LogP contribution < -0.4 is 5.32 Å². The molecule has 2 amide bonds. The van der Waals surface area contributed by atoms with Crippen LogP contribution in [-0.2, 0) is 4.74 Å². The summed E-state index contributed by atoms with van der Waals surface area (Å²) in [5.41, 5.74) is 1.97. The number of likely N-dealkylation sites (tertiary alicyclic amines) is 1. The Balaban J connectivity index is 1.66. The highest BCUT2D eigenvalue weighted by Crippen LogP contribution is 2.33. The van der Waals surface area contributed by atoms with Gasteiger partial charge in [-0.05, 0) is 49.9 Å². The van der Waals surface area contributed by atoms with E-state index in [0.717, 1.165) is 24.3 Å². The Bertz CT molecular complexity index is 798. The maximum atomic E-state index is 12.7. The smallest absolute Gasteiger partial charge is 0.338 e. The van der Waals surface area contributed by atoms with Crippen LogP contribution in [0.5, 0.6) is 0 Å². The number of nitrogens with one attached hydrogen (secondary N) is 1. The van der Waals surface area contributed by atoms with Gasteiger partial charge in [0.25, 0.3) is 0 Å². The molecule has 0 aliphatic carbocycles. The fourth-order valence-corrected chi connectivity index (χ4v) is 3.14. The molecule has 1 aliphatic rings. The first kappa shape index (κ1) is 18.9. The number of amides is 2. The molecule has 1 atom stereocenters. The Kier molecular flexibility index (Phi) is 5.78. The molecule has 1 fully saturated rings. The van der Waals surface area contributed by atoms with E-state index >= 15 is 0 Å². The highest BCUT2D eigenvalue weighted by atomic mass is 16.5. The van der Waals surface area contributed by atoms with Gasteiger partial charge in [0.15, 0.2) is 5.76 Å². The van der Waals surface area contributed by atoms with Crippen LogP contribution in [0.4, 0.5) is 10.5 Å². The van der Waals surface area contributed by atoms with Crippen LogP contribution in [0, 0.1) is 0 Å². The molecule has 1 aromatic heterocycles. The van der Waals surface area contributed by atoms with Crippen molar-refractivity contribution in [1.29, 1.82) is 0 Å². The molecule has 0 saturated carbocycles. The Morgan fingerprint density at radius 1 is 1.33 bits per heavy atom. The van der Waals surface area contributed by atoms with Crippen LogP contribution in [0.2, 0.25) is 0 Å². The van der Waals surface area contributed by atoms with Gasteiger partial charge in [-0.3, -0.25) is 0 Å². The van der Waals surface area contributed by atoms with Gasteiger partial charge in [-0.25, -0.2) is 9.59 Å². The number of anilines is 1. The Morgan fingerprint density at radius 3 is 2.70 bits per heavy atom. The van der Waals surface area contributed by atoms with Gasteiger partial charge in [0.05, 0.1) is 23.9 Å². The molecule has 1 saturated heterocycles. The van der Waals surface area contributed by atoms with Crippen molar-refractivity contribution in [1.82, 2.24) is 10.1 Å². The van der Waals surface area contributed by atoms with E-state index in [2.05, 4.69) is 24.3 Å². The predicted octanol–water partition coefficient (Wildman–Crippen LogP) is 4.34. The molecule has 7 heteroatoms. The second kappa shape index (κ2) is 8.24. The molecule has 1 aromatic carbocycles. The lowest BCUT2D eigenvalue weighted by Gasteiger charge is -2.23. The molecule has 0 radical (unpaired) electrons. The number of rotatable bonds is 5. The van der Waals surface area contributed by atoms with Crippen LogP contribution in [0.25, 0.3) is 0 Å². The number of hydrogen-bond donors (Lipinski definition) is 1. The third-order valence-electron chi connectivity index (χ3n) is 4.63. The SMILES string of the molecule is CCOC(=O)c1ccc(NC(=O)N2CCC[C@@H]2c2cc(C(C)C)no2)cc1. The van der Waals surface area contributed by atoms with Crippen molar-refractivity contribution < 1.29 is 18.8 Å². The van der Waals surface area contributed by atoms with Crippen LogP contribution >= 0.6 is 0 Å². The number of ether oxygens (including phenoxy) is 1. The molecule has 2 aromatic rings. The Labute approximate surface area is 158 Å². The molecule has 0 bridgehead atoms. The van der Waals surface area contributed by atoms with E-state index in [4.69, 9.17) is 9.26 Å². The zero-order valence-corrected chi connectivity index (χ0v) is 15.9. The number of urea groups is 1. The molecule has 3 rings (SSSR count). The van der Waals surface area contributed by atoms with Gasteiger partial charge in [-0.1, -0.05) is 19.0 Å². The lowest BCUT2D eigenvalue weighted by molar-refractivity contribution is 0.0526. The number of carbonyl (C=O) groups is 2. The van der Waals surface area contributed by atoms with E-state index in [-0.39, 0.29) is 24.0 Å². The van der Waals surface area contributed by atoms with Crippen molar-refractivity contribution in [3.63, 3.8) is 0 Å². The minimum atomic E-state index is -0.374. The zero-order valence-electron chi connectivity index (χ0n) is 15.9. The third-order valence-corrected chi connectivity index (χ3v) is 4.63. The van der Waals surface area contributed by atoms with E-state index in [1.807, 2.05) is 6.07 Å². The van der Waals surface area contributed by atoms with Crippen molar-refractivity contribution >= 4 is 17.7 Å². The van der Waals surface area contributed by atoms with E-state index in [1.54, 1.807) is 36.1 Å². The first-order valence-electron chi connectivity index (χ1n) is 9.31. The van der Waals surface area contributed by atoms with Gasteiger partial charge < -0.3 is 19.5 Å². The lowest BCUT2D eigenvalue weighted by Crippen LogP contribution is -2.34. The highest BCUT2D eigenvalue weighted by molar-refractivity contribution is 5.92. The molecule has 0 unspecified atom stereocenters. The summed E-state index contributed by atoms with van der Waals surface area (Å²) in [5.74, 6) is 0.634. The summed E-state index contributed by atoms with van der Waals surface area (Å²) in [4.78, 5) is 26.2. The van der Waals surface area contributed by atoms with Crippen molar-refractivity contribution in [3.05, 3.63) is 47.3 Å². The number of hydrogen-bond acceptors (Lipinski definition) is 5. The van der Waals surface area contributed by atoms with Gasteiger partial charge in [0.1, 0.15) is 0 Å². The van der Waals surface area contributed by atoms with Gasteiger partial charge in [-0.15, -0.1) is 0 Å². The molecular weight excluding hydrogens is 346 g/mol. The van der Waals surface area contributed by atoms with Crippen LogP contribution in [0.1, 0.15) is 67.4 Å². The first-order chi connectivity index (χ1) is 13.0. The molecule has 1 aliphatic heterocycles. The monoisotopic (exact) mass is 371 g/mol. The molecule has 0 spiro atoms. The number of aromatic nitrogens is 1. The minimum Gasteiger partial charge on any atom is -0.462 e.